The van der Waals surface area contributed by atoms with Gasteiger partial charge in [-0.3, -0.25) is 0 Å². The quantitative estimate of drug-likeness (QED) is 0.0967. The highest BCUT2D eigenvalue weighted by Crippen LogP contribution is 2.34. The Morgan fingerprint density at radius 3 is 2.58 bits per heavy atom. The smallest absolute Gasteiger partial charge is 0.404 e. The van der Waals surface area contributed by atoms with Crippen molar-refractivity contribution < 1.29 is 42.6 Å². The van der Waals surface area contributed by atoms with Crippen LogP contribution < -0.4 is 24.8 Å². The van der Waals surface area contributed by atoms with Crippen LogP contribution in [-0.4, -0.2) is 107 Å². The van der Waals surface area contributed by atoms with Crippen LogP contribution in [0.15, 0.2) is 77.2 Å². The Morgan fingerprint density at radius 1 is 1.17 bits per heavy atom. The fraction of sp³-hybridized carbons (Fsp3) is 0.472. The molecule has 0 spiro atoms. The number of nitrogens with one attached hydrogen (secondary N) is 2. The number of aromatic nitrogens is 2. The maximum absolute atomic E-state index is 13.7. The second kappa shape index (κ2) is 23.5. The predicted octanol–water partition coefficient (Wildman–Crippen LogP) is 4.58. The molecule has 2 unspecified atom stereocenters. The number of likely N-dealkylation sites (N-methyl/N-ethyl adjacent to an activating group) is 1. The highest BCUT2D eigenvalue weighted by Gasteiger charge is 2.29. The number of rotatable bonds is 22. The number of fused-ring (bicyclic) bond motifs is 1. The number of carbonyl (C=O) groups is 2. The Morgan fingerprint density at radius 2 is 1.94 bits per heavy atom. The third-order valence-electron chi connectivity index (χ3n) is 7.52. The average Bonchev–Trinajstić information content (AvgIpc) is 3.84. The number of methoxy groups -OCH3 is 1. The van der Waals surface area contributed by atoms with Crippen molar-refractivity contribution in [2.75, 3.05) is 59.6 Å². The molecule has 0 bridgehead atoms. The van der Waals surface area contributed by atoms with Crippen LogP contribution in [0.4, 0.5) is 4.79 Å². The standard InChI is InChI=1S/C29H41N3O7S2.C7H10N2O2/c1-6-40-18-22(30-4)17-37-23-9-7-21(8-10-23)13-25(31-29(33)34)28(36-5)16-32(15-20(2)3)41(35)24-11-12-26-27(14-24)39-19-38-26;10-4-6-11-5-3-9-2-1-8-7-9/h7-12,14,18,20,25,28,30-31H,6,13,15-17,19H2,1-5H3,(H,33,34);1-2,4,7H,3,5-6H2/b22-18-;/t25-,28?,41?;/m0./s1. The van der Waals surface area contributed by atoms with Crippen molar-refractivity contribution in [2.45, 2.75) is 50.8 Å². The van der Waals surface area contributed by atoms with Gasteiger partial charge in [-0.25, -0.2) is 18.3 Å². The topological polar surface area (TPSA) is 163 Å². The minimum atomic E-state index is -1.53. The van der Waals surface area contributed by atoms with Gasteiger partial charge in [0.1, 0.15) is 36.2 Å². The number of imidazole rings is 1. The summed E-state index contributed by atoms with van der Waals surface area (Å²) >= 11 is 1.70. The maximum atomic E-state index is 13.7. The number of carbonyl (C=O) groups excluding carboxylic acids is 1. The second-order valence-corrected chi connectivity index (χ2v) is 14.5. The lowest BCUT2D eigenvalue weighted by Gasteiger charge is -2.32. The van der Waals surface area contributed by atoms with Crippen LogP contribution in [0, 0.1) is 5.92 Å². The Labute approximate surface area is 312 Å². The zero-order chi connectivity index (χ0) is 37.7. The first-order valence-electron chi connectivity index (χ1n) is 16.9. The van der Waals surface area contributed by atoms with Crippen LogP contribution in [0.2, 0.25) is 0 Å². The van der Waals surface area contributed by atoms with Gasteiger partial charge in [0.15, 0.2) is 11.5 Å². The number of amides is 1. The van der Waals surface area contributed by atoms with E-state index in [9.17, 15) is 18.9 Å². The first kappa shape index (κ1) is 42.3. The second-order valence-electron chi connectivity index (χ2n) is 11.9. The maximum Gasteiger partial charge on any atom is 0.404 e. The average molecular weight is 762 g/mol. The van der Waals surface area contributed by atoms with Crippen molar-refractivity contribution in [3.63, 3.8) is 0 Å². The van der Waals surface area contributed by atoms with E-state index in [4.69, 9.17) is 23.7 Å². The SMILES string of the molecule is CCS/C=C(/COc1ccc(C[C@H](NC(=O)O)C(CN(CC(C)C)S(=O)c2ccc3c(c2)OCO3)OC)cc1)NC.O=CCOCCn1ccnc1. The lowest BCUT2D eigenvalue weighted by atomic mass is 10.0. The molecule has 1 amide bonds. The summed E-state index contributed by atoms with van der Waals surface area (Å²) in [6.07, 6.45) is 4.67. The van der Waals surface area contributed by atoms with E-state index in [1.165, 1.54) is 0 Å². The van der Waals surface area contributed by atoms with E-state index in [0.717, 1.165) is 29.8 Å². The highest BCUT2D eigenvalue weighted by molar-refractivity contribution is 8.02. The third kappa shape index (κ3) is 14.9. The van der Waals surface area contributed by atoms with Gasteiger partial charge in [-0.15, -0.1) is 11.8 Å². The molecular weight excluding hydrogens is 711 g/mol. The molecule has 2 aromatic carbocycles. The zero-order valence-corrected chi connectivity index (χ0v) is 32.0. The summed E-state index contributed by atoms with van der Waals surface area (Å²) in [6, 6.07) is 12.2. The molecule has 1 aliphatic rings. The summed E-state index contributed by atoms with van der Waals surface area (Å²) in [7, 11) is 1.87. The first-order valence-corrected chi connectivity index (χ1v) is 19.1. The number of nitrogens with zero attached hydrogens (tertiary/aromatic N) is 3. The van der Waals surface area contributed by atoms with Crippen molar-refractivity contribution in [1.82, 2.24) is 24.5 Å². The lowest BCUT2D eigenvalue weighted by Crippen LogP contribution is -2.50. The molecule has 0 radical (unpaired) electrons. The van der Waals surface area contributed by atoms with E-state index in [2.05, 4.69) is 22.5 Å². The third-order valence-corrected chi connectivity index (χ3v) is 9.73. The minimum Gasteiger partial charge on any atom is -0.487 e. The fourth-order valence-corrected chi connectivity index (χ4v) is 6.92. The van der Waals surface area contributed by atoms with Crippen LogP contribution >= 0.6 is 11.8 Å². The minimum absolute atomic E-state index is 0.134. The normalized spacial score (nSPS) is 13.9. The van der Waals surface area contributed by atoms with Gasteiger partial charge >= 0.3 is 6.09 Å². The summed E-state index contributed by atoms with van der Waals surface area (Å²) in [5.41, 5.74) is 1.90. The summed E-state index contributed by atoms with van der Waals surface area (Å²) < 4.78 is 44.9. The molecule has 52 heavy (non-hydrogen) atoms. The van der Waals surface area contributed by atoms with Gasteiger partial charge in [-0.05, 0) is 53.3 Å². The molecule has 3 N–H and O–H groups in total. The van der Waals surface area contributed by atoms with Gasteiger partial charge in [-0.2, -0.15) is 0 Å². The van der Waals surface area contributed by atoms with Gasteiger partial charge < -0.3 is 48.8 Å². The molecule has 0 aliphatic carbocycles. The van der Waals surface area contributed by atoms with E-state index in [1.807, 2.05) is 65.6 Å². The summed E-state index contributed by atoms with van der Waals surface area (Å²) in [4.78, 5) is 26.0. The van der Waals surface area contributed by atoms with Gasteiger partial charge in [0.05, 0.1) is 35.7 Å². The molecule has 0 saturated heterocycles. The largest absolute Gasteiger partial charge is 0.487 e. The van der Waals surface area contributed by atoms with Crippen LogP contribution in [0.5, 0.6) is 17.2 Å². The molecule has 286 valence electrons. The van der Waals surface area contributed by atoms with Gasteiger partial charge in [0.2, 0.25) is 6.79 Å². The van der Waals surface area contributed by atoms with Crippen molar-refractivity contribution in [3.05, 3.63) is 77.9 Å². The first-order chi connectivity index (χ1) is 25.2. The molecule has 3 aromatic rings. The molecule has 3 atom stereocenters. The molecule has 16 heteroatoms. The number of thioether (sulfide) groups is 1. The van der Waals surface area contributed by atoms with Crippen LogP contribution in [0.1, 0.15) is 26.3 Å². The van der Waals surface area contributed by atoms with E-state index < -0.39 is 29.2 Å². The van der Waals surface area contributed by atoms with Crippen molar-refractivity contribution >= 4 is 35.1 Å². The van der Waals surface area contributed by atoms with E-state index in [0.29, 0.717) is 48.3 Å². The van der Waals surface area contributed by atoms with Crippen LogP contribution in [0.25, 0.3) is 0 Å². The van der Waals surface area contributed by atoms with E-state index in [1.54, 1.807) is 49.6 Å². The Balaban J connectivity index is 0.000000564. The van der Waals surface area contributed by atoms with Crippen LogP contribution in [0.3, 0.4) is 0 Å². The molecule has 2 heterocycles. The highest BCUT2D eigenvalue weighted by atomic mass is 32.2. The van der Waals surface area contributed by atoms with Gasteiger partial charge in [-0.1, -0.05) is 32.9 Å². The van der Waals surface area contributed by atoms with Crippen molar-refractivity contribution in [1.29, 1.82) is 0 Å². The summed E-state index contributed by atoms with van der Waals surface area (Å²) in [5, 5.41) is 17.4. The van der Waals surface area contributed by atoms with Crippen LogP contribution in [-0.2, 0) is 38.2 Å². The molecule has 14 nitrogen and oxygen atoms in total. The van der Waals surface area contributed by atoms with E-state index in [-0.39, 0.29) is 25.9 Å². The summed E-state index contributed by atoms with van der Waals surface area (Å²) in [5.74, 6) is 3.08. The lowest BCUT2D eigenvalue weighted by molar-refractivity contribution is -0.111. The Bertz CT molecular complexity index is 1540. The van der Waals surface area contributed by atoms with E-state index >= 15 is 0 Å². The van der Waals surface area contributed by atoms with Crippen molar-refractivity contribution in [2.24, 2.45) is 5.92 Å². The van der Waals surface area contributed by atoms with Gasteiger partial charge in [0, 0.05) is 52.3 Å². The number of ether oxygens (including phenoxy) is 5. The molecule has 0 fully saturated rings. The molecule has 0 saturated carbocycles. The molecular formula is C36H51N5O9S2. The molecule has 4 rings (SSSR count). The predicted molar refractivity (Wildman–Crippen MR) is 201 cm³/mol. The number of carboxylic acid groups (broad SMARTS) is 1. The number of aldehydes is 1. The number of benzene rings is 2. The van der Waals surface area contributed by atoms with Crippen molar-refractivity contribution in [3.8, 4) is 17.2 Å². The zero-order valence-electron chi connectivity index (χ0n) is 30.4. The molecule has 1 aromatic heterocycles. The van der Waals surface area contributed by atoms with Gasteiger partial charge in [0.25, 0.3) is 0 Å². The number of hydrogen-bond acceptors (Lipinski definition) is 11. The monoisotopic (exact) mass is 761 g/mol. The number of hydrogen-bond donors (Lipinski definition) is 3. The Hall–Kier alpha value is -4.09. The summed E-state index contributed by atoms with van der Waals surface area (Å²) in [6.45, 7) is 8.97. The molecule has 1 aliphatic heterocycles. The Kier molecular flexibility index (Phi) is 19.1. The fourth-order valence-electron chi connectivity index (χ4n) is 4.96.